The van der Waals surface area contributed by atoms with Crippen molar-refractivity contribution >= 4 is 56.9 Å². The van der Waals surface area contributed by atoms with Gasteiger partial charge >= 0.3 is 0 Å². The number of para-hydroxylation sites is 8. The number of hydrogen-bond donors (Lipinski definition) is 2. The third kappa shape index (κ3) is 3.94. The minimum absolute atomic E-state index is 0.500. The number of nitrogens with zero attached hydrogens (tertiary/aromatic N) is 4. The Kier molecular flexibility index (Phi) is 5.79. The molecule has 8 rings (SSSR count). The lowest BCUT2D eigenvalue weighted by Gasteiger charge is -2.34. The zero-order valence-corrected chi connectivity index (χ0v) is 23.5. The highest BCUT2D eigenvalue weighted by molar-refractivity contribution is 5.99. The van der Waals surface area contributed by atoms with Gasteiger partial charge in [-0.3, -0.25) is 0 Å². The Labute approximate surface area is 255 Å². The first-order chi connectivity index (χ1) is 21.7. The number of anilines is 10. The first-order valence-corrected chi connectivity index (χ1v) is 14.3. The van der Waals surface area contributed by atoms with Crippen molar-refractivity contribution in [2.24, 2.45) is 0 Å². The summed E-state index contributed by atoms with van der Waals surface area (Å²) in [7, 11) is 0. The molecule has 6 heteroatoms. The number of benzene rings is 6. The maximum absolute atomic E-state index is 10.3. The average molecular weight is 565 g/mol. The van der Waals surface area contributed by atoms with Crippen LogP contribution in [0.1, 0.15) is 11.1 Å². The molecule has 0 aromatic heterocycles. The molecule has 0 saturated carbocycles. The third-order valence-corrected chi connectivity index (χ3v) is 8.17. The lowest BCUT2D eigenvalue weighted by atomic mass is 9.94. The van der Waals surface area contributed by atoms with Gasteiger partial charge in [-0.2, -0.15) is 10.5 Å². The lowest BCUT2D eigenvalue weighted by molar-refractivity contribution is 1.24. The topological polar surface area (TPSA) is 78.1 Å². The standard InChI is InChI=1S/C38H24N6/c39-23-25-17-19-27(43-35-13-5-1-9-31(35)41-32-10-2-6-14-36(32)43)21-29(25)30-22-28(20-18-26(30)24-40)44-37-15-7-3-11-33(37)42-34-12-4-8-16-38(34)44/h1-22,41-42H. The van der Waals surface area contributed by atoms with Crippen molar-refractivity contribution in [2.45, 2.75) is 0 Å². The Morgan fingerprint density at radius 3 is 1.05 bits per heavy atom. The number of rotatable bonds is 3. The quantitative estimate of drug-likeness (QED) is 0.222. The van der Waals surface area contributed by atoms with Gasteiger partial charge in [-0.25, -0.2) is 0 Å². The van der Waals surface area contributed by atoms with E-state index in [0.29, 0.717) is 22.3 Å². The van der Waals surface area contributed by atoms with Crippen LogP contribution in [0.25, 0.3) is 11.1 Å². The molecule has 0 radical (unpaired) electrons. The second-order valence-corrected chi connectivity index (χ2v) is 10.7. The van der Waals surface area contributed by atoms with Gasteiger partial charge in [0.15, 0.2) is 0 Å². The van der Waals surface area contributed by atoms with Gasteiger partial charge in [-0.05, 0) is 84.9 Å². The SMILES string of the molecule is N#Cc1ccc(N2c3ccccc3Nc3ccccc32)cc1-c1cc(N2c3ccccc3Nc3ccccc32)ccc1C#N. The summed E-state index contributed by atoms with van der Waals surface area (Å²) in [6.45, 7) is 0. The predicted octanol–water partition coefficient (Wildman–Crippen LogP) is 10.2. The summed E-state index contributed by atoms with van der Waals surface area (Å²) < 4.78 is 0. The van der Waals surface area contributed by atoms with E-state index in [-0.39, 0.29) is 0 Å². The Hall–Kier alpha value is -6.50. The van der Waals surface area contributed by atoms with Crippen LogP contribution in [0.3, 0.4) is 0 Å². The van der Waals surface area contributed by atoms with Crippen molar-refractivity contribution in [1.29, 1.82) is 10.5 Å². The van der Waals surface area contributed by atoms with Gasteiger partial charge < -0.3 is 20.4 Å². The van der Waals surface area contributed by atoms with E-state index in [1.807, 2.05) is 84.9 Å². The largest absolute Gasteiger partial charge is 0.352 e. The van der Waals surface area contributed by atoms with Crippen molar-refractivity contribution < 1.29 is 0 Å². The first-order valence-electron chi connectivity index (χ1n) is 14.3. The van der Waals surface area contributed by atoms with E-state index in [2.05, 4.69) is 81.1 Å². The van der Waals surface area contributed by atoms with Crippen molar-refractivity contribution in [3.8, 4) is 23.3 Å². The summed E-state index contributed by atoms with van der Waals surface area (Å²) in [6.07, 6.45) is 0. The number of fused-ring (bicyclic) bond motifs is 4. The van der Waals surface area contributed by atoms with E-state index < -0.39 is 0 Å². The molecular formula is C38H24N6. The molecule has 206 valence electrons. The summed E-state index contributed by atoms with van der Waals surface area (Å²) in [5.41, 5.74) is 12.2. The predicted molar refractivity (Wildman–Crippen MR) is 177 cm³/mol. The van der Waals surface area contributed by atoms with E-state index in [4.69, 9.17) is 0 Å². The molecule has 0 amide bonds. The number of hydrogen-bond acceptors (Lipinski definition) is 6. The molecule has 0 fully saturated rings. The number of nitrogens with one attached hydrogen (secondary N) is 2. The van der Waals surface area contributed by atoms with Crippen molar-refractivity contribution in [2.75, 3.05) is 20.4 Å². The highest BCUT2D eigenvalue weighted by Crippen LogP contribution is 2.50. The molecule has 2 aliphatic heterocycles. The first kappa shape index (κ1) is 25.2. The van der Waals surface area contributed by atoms with E-state index in [1.165, 1.54) is 0 Å². The lowest BCUT2D eigenvalue weighted by Crippen LogP contribution is -2.18. The maximum atomic E-state index is 10.3. The van der Waals surface area contributed by atoms with Crippen LogP contribution in [-0.2, 0) is 0 Å². The molecule has 2 aliphatic rings. The molecule has 2 N–H and O–H groups in total. The molecule has 0 unspecified atom stereocenters. The van der Waals surface area contributed by atoms with E-state index in [1.54, 1.807) is 0 Å². The van der Waals surface area contributed by atoms with Crippen LogP contribution in [0.4, 0.5) is 56.9 Å². The fourth-order valence-electron chi connectivity index (χ4n) is 6.19. The number of nitriles is 2. The molecule has 6 nitrogen and oxygen atoms in total. The van der Waals surface area contributed by atoms with Crippen LogP contribution >= 0.6 is 0 Å². The van der Waals surface area contributed by atoms with Gasteiger partial charge in [0, 0.05) is 22.5 Å². The minimum Gasteiger partial charge on any atom is -0.352 e. The Bertz CT molecular complexity index is 1940. The second kappa shape index (κ2) is 10.1. The molecule has 2 heterocycles. The summed E-state index contributed by atoms with van der Waals surface area (Å²) in [5, 5.41) is 27.6. The second-order valence-electron chi connectivity index (χ2n) is 10.7. The molecular weight excluding hydrogens is 540 g/mol. The molecule has 0 saturated heterocycles. The normalized spacial score (nSPS) is 12.3. The van der Waals surface area contributed by atoms with Crippen molar-refractivity contribution in [1.82, 2.24) is 0 Å². The summed E-state index contributed by atoms with van der Waals surface area (Å²) in [5.74, 6) is 0. The molecule has 6 aromatic carbocycles. The molecule has 0 aliphatic carbocycles. The van der Waals surface area contributed by atoms with Gasteiger partial charge in [0.25, 0.3) is 0 Å². The molecule has 6 aromatic rings. The van der Waals surface area contributed by atoms with Gasteiger partial charge in [-0.1, -0.05) is 48.5 Å². The van der Waals surface area contributed by atoms with Gasteiger partial charge in [0.2, 0.25) is 0 Å². The van der Waals surface area contributed by atoms with Crippen molar-refractivity contribution in [3.05, 3.63) is 145 Å². The fraction of sp³-hybridized carbons (Fsp3) is 0. The Morgan fingerprint density at radius 1 is 0.409 bits per heavy atom. The summed E-state index contributed by atoms with van der Waals surface area (Å²) in [4.78, 5) is 4.40. The fourth-order valence-corrected chi connectivity index (χ4v) is 6.19. The van der Waals surface area contributed by atoms with Crippen LogP contribution in [0.5, 0.6) is 0 Å². The van der Waals surface area contributed by atoms with Gasteiger partial charge in [-0.15, -0.1) is 0 Å². The molecule has 0 bridgehead atoms. The highest BCUT2D eigenvalue weighted by atomic mass is 15.2. The summed E-state index contributed by atoms with van der Waals surface area (Å²) in [6, 6.07) is 49.1. The smallest absolute Gasteiger partial charge is 0.0998 e. The van der Waals surface area contributed by atoms with Crippen LogP contribution in [-0.4, -0.2) is 0 Å². The Morgan fingerprint density at radius 2 is 0.727 bits per heavy atom. The van der Waals surface area contributed by atoms with Gasteiger partial charge in [0.1, 0.15) is 0 Å². The minimum atomic E-state index is 0.500. The van der Waals surface area contributed by atoms with Gasteiger partial charge in [0.05, 0.1) is 68.8 Å². The van der Waals surface area contributed by atoms with E-state index in [9.17, 15) is 10.5 Å². The zero-order valence-electron chi connectivity index (χ0n) is 23.5. The third-order valence-electron chi connectivity index (χ3n) is 8.17. The zero-order chi connectivity index (χ0) is 29.6. The van der Waals surface area contributed by atoms with Crippen LogP contribution in [0, 0.1) is 22.7 Å². The maximum Gasteiger partial charge on any atom is 0.0998 e. The molecule has 0 atom stereocenters. The molecule has 0 spiro atoms. The van der Waals surface area contributed by atoms with Crippen LogP contribution in [0.15, 0.2) is 133 Å². The highest BCUT2D eigenvalue weighted by Gasteiger charge is 2.27. The Balaban J connectivity index is 1.33. The van der Waals surface area contributed by atoms with E-state index in [0.717, 1.165) is 56.9 Å². The van der Waals surface area contributed by atoms with Crippen LogP contribution in [0.2, 0.25) is 0 Å². The van der Waals surface area contributed by atoms with Crippen LogP contribution < -0.4 is 20.4 Å². The van der Waals surface area contributed by atoms with E-state index >= 15 is 0 Å². The average Bonchev–Trinajstić information content (AvgIpc) is 3.09. The molecule has 44 heavy (non-hydrogen) atoms. The van der Waals surface area contributed by atoms with Crippen molar-refractivity contribution in [3.63, 3.8) is 0 Å². The summed E-state index contributed by atoms with van der Waals surface area (Å²) >= 11 is 0. The monoisotopic (exact) mass is 564 g/mol.